The van der Waals surface area contributed by atoms with Crippen LogP contribution < -0.4 is 4.74 Å². The Balaban J connectivity index is 1.34. The van der Waals surface area contributed by atoms with E-state index < -0.39 is 0 Å². The molecule has 1 saturated carbocycles. The standard InChI is InChI=1S/C36H36O4/c1-24-8-17-31(22-25(24)2)36(20-6-5-7-21-36)32-18-19-33(26(3)23-32)40-35(38)30-15-11-28(12-16-30)27-9-13-29(14-10-27)34(37)39-4/h8-19,22-23H,5-7,20-21H2,1-4H3. The molecule has 4 aromatic rings. The van der Waals surface area contributed by atoms with Gasteiger partial charge in [0.1, 0.15) is 5.75 Å². The lowest BCUT2D eigenvalue weighted by atomic mass is 9.65. The van der Waals surface area contributed by atoms with Crippen LogP contribution >= 0.6 is 0 Å². The molecule has 40 heavy (non-hydrogen) atoms. The van der Waals surface area contributed by atoms with E-state index in [-0.39, 0.29) is 17.4 Å². The summed E-state index contributed by atoms with van der Waals surface area (Å²) in [5.41, 5.74) is 9.16. The lowest BCUT2D eigenvalue weighted by molar-refractivity contribution is 0.0600. The second-order valence-electron chi connectivity index (χ2n) is 11.0. The molecule has 0 saturated heterocycles. The highest BCUT2D eigenvalue weighted by molar-refractivity contribution is 5.92. The van der Waals surface area contributed by atoms with Crippen molar-refractivity contribution in [2.75, 3.05) is 7.11 Å². The molecule has 0 aromatic heterocycles. The second-order valence-corrected chi connectivity index (χ2v) is 11.0. The fraction of sp³-hybridized carbons (Fsp3) is 0.278. The summed E-state index contributed by atoms with van der Waals surface area (Å²) in [6, 6.07) is 27.7. The molecule has 0 heterocycles. The first-order chi connectivity index (χ1) is 19.3. The Bertz CT molecular complexity index is 1520. The van der Waals surface area contributed by atoms with Crippen LogP contribution in [0.2, 0.25) is 0 Å². The van der Waals surface area contributed by atoms with E-state index >= 15 is 0 Å². The van der Waals surface area contributed by atoms with Crippen molar-refractivity contribution >= 4 is 11.9 Å². The topological polar surface area (TPSA) is 52.6 Å². The Hall–Kier alpha value is -4.18. The predicted octanol–water partition coefficient (Wildman–Crippen LogP) is 8.53. The van der Waals surface area contributed by atoms with Crippen molar-refractivity contribution in [2.24, 2.45) is 0 Å². The van der Waals surface area contributed by atoms with Crippen LogP contribution in [-0.2, 0) is 10.2 Å². The van der Waals surface area contributed by atoms with Gasteiger partial charge in [0.05, 0.1) is 18.2 Å². The smallest absolute Gasteiger partial charge is 0.343 e. The third-order valence-corrected chi connectivity index (χ3v) is 8.46. The van der Waals surface area contributed by atoms with Crippen molar-refractivity contribution < 1.29 is 19.1 Å². The van der Waals surface area contributed by atoms with Crippen LogP contribution in [0.25, 0.3) is 11.1 Å². The van der Waals surface area contributed by atoms with E-state index in [1.165, 1.54) is 48.6 Å². The average molecular weight is 533 g/mol. The summed E-state index contributed by atoms with van der Waals surface area (Å²) >= 11 is 0. The first kappa shape index (κ1) is 27.4. The minimum absolute atomic E-state index is 0.00507. The number of hydrogen-bond donors (Lipinski definition) is 0. The van der Waals surface area contributed by atoms with E-state index in [1.54, 1.807) is 24.3 Å². The van der Waals surface area contributed by atoms with Crippen LogP contribution in [-0.4, -0.2) is 19.0 Å². The normalized spacial score (nSPS) is 14.4. The van der Waals surface area contributed by atoms with Crippen LogP contribution in [0.1, 0.15) is 80.6 Å². The van der Waals surface area contributed by atoms with E-state index in [1.807, 2.05) is 37.3 Å². The first-order valence-corrected chi connectivity index (χ1v) is 14.0. The van der Waals surface area contributed by atoms with E-state index in [0.29, 0.717) is 16.9 Å². The van der Waals surface area contributed by atoms with Gasteiger partial charge in [0, 0.05) is 5.41 Å². The van der Waals surface area contributed by atoms with Gasteiger partial charge in [0.25, 0.3) is 0 Å². The minimum atomic E-state index is -0.384. The zero-order valence-electron chi connectivity index (χ0n) is 23.8. The van der Waals surface area contributed by atoms with E-state index in [9.17, 15) is 9.59 Å². The van der Waals surface area contributed by atoms with Crippen molar-refractivity contribution in [2.45, 2.75) is 58.3 Å². The van der Waals surface area contributed by atoms with Gasteiger partial charge in [-0.1, -0.05) is 73.9 Å². The molecule has 1 aliphatic rings. The maximum atomic E-state index is 13.0. The molecule has 0 atom stereocenters. The van der Waals surface area contributed by atoms with Gasteiger partial charge in [-0.3, -0.25) is 0 Å². The molecule has 4 heteroatoms. The Kier molecular flexibility index (Phi) is 7.88. The summed E-state index contributed by atoms with van der Waals surface area (Å²) in [6.45, 7) is 6.37. The summed E-state index contributed by atoms with van der Waals surface area (Å²) in [6.07, 6.45) is 5.97. The molecule has 5 rings (SSSR count). The average Bonchev–Trinajstić information content (AvgIpc) is 2.99. The molecule has 0 aliphatic heterocycles. The van der Waals surface area contributed by atoms with Crippen molar-refractivity contribution in [3.05, 3.63) is 124 Å². The number of carbonyl (C=O) groups is 2. The highest BCUT2D eigenvalue weighted by atomic mass is 16.5. The fourth-order valence-corrected chi connectivity index (χ4v) is 5.87. The van der Waals surface area contributed by atoms with Gasteiger partial charge in [0.2, 0.25) is 0 Å². The first-order valence-electron chi connectivity index (χ1n) is 14.0. The molecule has 0 N–H and O–H groups in total. The zero-order chi connectivity index (χ0) is 28.3. The van der Waals surface area contributed by atoms with Crippen LogP contribution in [0.3, 0.4) is 0 Å². The van der Waals surface area contributed by atoms with E-state index in [0.717, 1.165) is 29.5 Å². The van der Waals surface area contributed by atoms with E-state index in [4.69, 9.17) is 9.47 Å². The second kappa shape index (κ2) is 11.5. The minimum Gasteiger partial charge on any atom is -0.465 e. The van der Waals surface area contributed by atoms with Gasteiger partial charge in [-0.25, -0.2) is 9.59 Å². The van der Waals surface area contributed by atoms with Gasteiger partial charge < -0.3 is 9.47 Å². The molecule has 1 fully saturated rings. The highest BCUT2D eigenvalue weighted by Gasteiger charge is 2.36. The van der Waals surface area contributed by atoms with Crippen molar-refractivity contribution in [1.29, 1.82) is 0 Å². The summed E-state index contributed by atoms with van der Waals surface area (Å²) in [4.78, 5) is 24.7. The molecule has 0 unspecified atom stereocenters. The number of carbonyl (C=O) groups excluding carboxylic acids is 2. The van der Waals surface area contributed by atoms with Gasteiger partial charge >= 0.3 is 11.9 Å². The number of esters is 2. The largest absolute Gasteiger partial charge is 0.465 e. The van der Waals surface area contributed by atoms with Crippen molar-refractivity contribution in [1.82, 2.24) is 0 Å². The Morgan fingerprint density at radius 1 is 0.600 bits per heavy atom. The highest BCUT2D eigenvalue weighted by Crippen LogP contribution is 2.46. The number of hydrogen-bond acceptors (Lipinski definition) is 4. The summed E-state index contributed by atoms with van der Waals surface area (Å²) in [5.74, 6) is -0.167. The molecule has 0 spiro atoms. The van der Waals surface area contributed by atoms with Crippen LogP contribution in [0.4, 0.5) is 0 Å². The Morgan fingerprint density at radius 2 is 1.12 bits per heavy atom. The lowest BCUT2D eigenvalue weighted by Gasteiger charge is -2.39. The predicted molar refractivity (Wildman–Crippen MR) is 159 cm³/mol. The summed E-state index contributed by atoms with van der Waals surface area (Å²) < 4.78 is 10.6. The quantitative estimate of drug-likeness (QED) is 0.184. The molecule has 0 bridgehead atoms. The SMILES string of the molecule is COC(=O)c1ccc(-c2ccc(C(=O)Oc3ccc(C4(c5ccc(C)c(C)c5)CCCCC4)cc3C)cc2)cc1. The molecular formula is C36H36O4. The maximum Gasteiger partial charge on any atom is 0.343 e. The van der Waals surface area contributed by atoms with Crippen molar-refractivity contribution in [3.63, 3.8) is 0 Å². The monoisotopic (exact) mass is 532 g/mol. The van der Waals surface area contributed by atoms with Gasteiger partial charge in [0.15, 0.2) is 0 Å². The van der Waals surface area contributed by atoms with Crippen LogP contribution in [0.5, 0.6) is 5.75 Å². The van der Waals surface area contributed by atoms with Gasteiger partial charge in [-0.15, -0.1) is 0 Å². The molecule has 4 nitrogen and oxygen atoms in total. The third kappa shape index (κ3) is 5.44. The molecular weight excluding hydrogens is 496 g/mol. The third-order valence-electron chi connectivity index (χ3n) is 8.46. The Morgan fingerprint density at radius 3 is 1.65 bits per heavy atom. The number of aryl methyl sites for hydroxylation is 3. The van der Waals surface area contributed by atoms with Crippen LogP contribution in [0, 0.1) is 20.8 Å². The zero-order valence-corrected chi connectivity index (χ0v) is 23.8. The summed E-state index contributed by atoms with van der Waals surface area (Å²) in [7, 11) is 1.36. The van der Waals surface area contributed by atoms with E-state index in [2.05, 4.69) is 44.2 Å². The van der Waals surface area contributed by atoms with Gasteiger partial charge in [-0.2, -0.15) is 0 Å². The number of benzene rings is 4. The molecule has 0 radical (unpaired) electrons. The molecule has 4 aromatic carbocycles. The maximum absolute atomic E-state index is 13.0. The Labute approximate surface area is 237 Å². The number of methoxy groups -OCH3 is 1. The molecule has 1 aliphatic carbocycles. The summed E-state index contributed by atoms with van der Waals surface area (Å²) in [5, 5.41) is 0. The van der Waals surface area contributed by atoms with Crippen LogP contribution in [0.15, 0.2) is 84.9 Å². The molecule has 0 amide bonds. The van der Waals surface area contributed by atoms with Gasteiger partial charge in [-0.05, 0) is 103 Å². The molecule has 204 valence electrons. The lowest BCUT2D eigenvalue weighted by Crippen LogP contribution is -2.30. The van der Waals surface area contributed by atoms with Crippen molar-refractivity contribution in [3.8, 4) is 16.9 Å². The fourth-order valence-electron chi connectivity index (χ4n) is 5.87. The number of ether oxygens (including phenoxy) is 2. The number of rotatable bonds is 6.